The number of hydrogen-bond acceptors (Lipinski definition) is 5. The first-order chi connectivity index (χ1) is 8.88. The van der Waals surface area contributed by atoms with Crippen molar-refractivity contribution in [2.45, 2.75) is 0 Å². The van der Waals surface area contributed by atoms with E-state index in [-0.39, 0.29) is 22.9 Å². The second kappa shape index (κ2) is 4.52. The minimum Gasteiger partial charge on any atom is -0.503 e. The number of phenolic OH excluding ortho intramolecular Hbond substituents is 2. The van der Waals surface area contributed by atoms with Gasteiger partial charge in [-0.3, -0.25) is 0 Å². The van der Waals surface area contributed by atoms with E-state index in [2.05, 4.69) is 0 Å². The molecule has 0 saturated heterocycles. The van der Waals surface area contributed by atoms with Crippen LogP contribution in [0.2, 0.25) is 0 Å². The highest BCUT2D eigenvalue weighted by molar-refractivity contribution is 5.59. The summed E-state index contributed by atoms with van der Waals surface area (Å²) in [6, 6.07) is 4.10. The first kappa shape index (κ1) is 12.7. The van der Waals surface area contributed by atoms with Crippen molar-refractivity contribution < 1.29 is 23.7 Å². The first-order valence-corrected chi connectivity index (χ1v) is 5.12. The maximum absolute atomic E-state index is 13.2. The predicted molar refractivity (Wildman–Crippen MR) is 65.0 cm³/mol. The zero-order valence-corrected chi connectivity index (χ0v) is 9.52. The molecule has 0 heterocycles. The van der Waals surface area contributed by atoms with Gasteiger partial charge in [0.05, 0.1) is 11.4 Å². The van der Waals surface area contributed by atoms with Crippen molar-refractivity contribution in [1.82, 2.24) is 0 Å². The van der Waals surface area contributed by atoms with Gasteiger partial charge in [0.2, 0.25) is 0 Å². The Morgan fingerprint density at radius 2 is 1.16 bits per heavy atom. The molecule has 0 aliphatic heterocycles. The van der Waals surface area contributed by atoms with Crippen LogP contribution in [0.15, 0.2) is 24.3 Å². The Labute approximate surface area is 106 Å². The first-order valence-electron chi connectivity index (χ1n) is 5.12. The lowest BCUT2D eigenvalue weighted by atomic mass is 10.2. The molecule has 7 heteroatoms. The van der Waals surface area contributed by atoms with Gasteiger partial charge in [-0.25, -0.2) is 8.78 Å². The van der Waals surface area contributed by atoms with Crippen molar-refractivity contribution in [3.63, 3.8) is 0 Å². The molecule has 0 saturated carbocycles. The number of ether oxygens (including phenoxy) is 1. The maximum atomic E-state index is 13.2. The van der Waals surface area contributed by atoms with Crippen LogP contribution >= 0.6 is 0 Å². The van der Waals surface area contributed by atoms with E-state index < -0.39 is 23.1 Å². The average molecular weight is 268 g/mol. The van der Waals surface area contributed by atoms with Crippen LogP contribution < -0.4 is 16.2 Å². The van der Waals surface area contributed by atoms with Crippen LogP contribution in [0.1, 0.15) is 0 Å². The van der Waals surface area contributed by atoms with Gasteiger partial charge in [-0.1, -0.05) is 0 Å². The molecule has 0 radical (unpaired) electrons. The van der Waals surface area contributed by atoms with Crippen molar-refractivity contribution in [3.8, 4) is 23.0 Å². The van der Waals surface area contributed by atoms with Crippen molar-refractivity contribution in [2.24, 2.45) is 0 Å². The zero-order valence-electron chi connectivity index (χ0n) is 9.52. The van der Waals surface area contributed by atoms with Crippen LogP contribution in [0.3, 0.4) is 0 Å². The minimum atomic E-state index is -0.970. The minimum absolute atomic E-state index is 0.0442. The Hall–Kier alpha value is -2.70. The topological polar surface area (TPSA) is 102 Å². The molecule has 0 unspecified atom stereocenters. The van der Waals surface area contributed by atoms with Crippen LogP contribution in [0.25, 0.3) is 0 Å². The predicted octanol–water partition coefficient (Wildman–Crippen LogP) is 2.33. The summed E-state index contributed by atoms with van der Waals surface area (Å²) in [7, 11) is 0. The molecular formula is C12H10F2N2O3. The van der Waals surface area contributed by atoms with E-state index in [4.69, 9.17) is 26.4 Å². The summed E-state index contributed by atoms with van der Waals surface area (Å²) in [4.78, 5) is 0. The fourth-order valence-electron chi connectivity index (χ4n) is 1.44. The molecule has 0 fully saturated rings. The van der Waals surface area contributed by atoms with Crippen LogP contribution in [-0.4, -0.2) is 10.2 Å². The highest BCUT2D eigenvalue weighted by atomic mass is 19.1. The molecular weight excluding hydrogens is 258 g/mol. The Kier molecular flexibility index (Phi) is 3.04. The van der Waals surface area contributed by atoms with Gasteiger partial charge in [0, 0.05) is 24.3 Å². The maximum Gasteiger partial charge on any atom is 0.175 e. The Morgan fingerprint density at radius 1 is 0.789 bits per heavy atom. The highest BCUT2D eigenvalue weighted by Gasteiger charge is 2.11. The van der Waals surface area contributed by atoms with Gasteiger partial charge in [-0.15, -0.1) is 0 Å². The number of nitrogen functional groups attached to an aromatic ring is 2. The van der Waals surface area contributed by atoms with Gasteiger partial charge in [0.1, 0.15) is 11.5 Å². The standard InChI is InChI=1S/C12H10F2N2O3/c13-7-1-5(3-9(15)11(7)17)19-6-2-8(14)12(18)10(16)4-6/h1-4,17-18H,15-16H2. The SMILES string of the molecule is Nc1cc(Oc2cc(N)c(O)c(F)c2)cc(F)c1O. The number of hydrogen-bond donors (Lipinski definition) is 4. The third kappa shape index (κ3) is 2.44. The van der Waals surface area contributed by atoms with Gasteiger partial charge in [-0.05, 0) is 0 Å². The van der Waals surface area contributed by atoms with Crippen LogP contribution in [-0.2, 0) is 0 Å². The Morgan fingerprint density at radius 3 is 1.47 bits per heavy atom. The number of phenols is 2. The zero-order chi connectivity index (χ0) is 14.2. The van der Waals surface area contributed by atoms with E-state index in [1.165, 1.54) is 12.1 Å². The monoisotopic (exact) mass is 268 g/mol. The van der Waals surface area contributed by atoms with Crippen LogP contribution in [0.4, 0.5) is 20.2 Å². The van der Waals surface area contributed by atoms with E-state index in [1.807, 2.05) is 0 Å². The largest absolute Gasteiger partial charge is 0.503 e. The number of benzene rings is 2. The van der Waals surface area contributed by atoms with E-state index >= 15 is 0 Å². The summed E-state index contributed by atoms with van der Waals surface area (Å²) in [5.41, 5.74) is 10.3. The van der Waals surface area contributed by atoms with E-state index in [9.17, 15) is 8.78 Å². The summed E-state index contributed by atoms with van der Waals surface area (Å²) in [6.07, 6.45) is 0. The number of anilines is 2. The van der Waals surface area contributed by atoms with Gasteiger partial charge >= 0.3 is 0 Å². The number of halogens is 2. The van der Waals surface area contributed by atoms with Gasteiger partial charge in [0.25, 0.3) is 0 Å². The molecule has 0 aliphatic carbocycles. The summed E-state index contributed by atoms with van der Waals surface area (Å²) < 4.78 is 31.6. The van der Waals surface area contributed by atoms with E-state index in [0.29, 0.717) is 0 Å². The fourth-order valence-corrected chi connectivity index (χ4v) is 1.44. The average Bonchev–Trinajstić information content (AvgIpc) is 2.33. The fraction of sp³-hybridized carbons (Fsp3) is 0. The van der Waals surface area contributed by atoms with Gasteiger partial charge in [0.15, 0.2) is 23.1 Å². The quantitative estimate of drug-likeness (QED) is 0.494. The Balaban J connectivity index is 2.36. The second-order valence-corrected chi connectivity index (χ2v) is 3.79. The number of aromatic hydroxyl groups is 2. The molecule has 2 aromatic rings. The second-order valence-electron chi connectivity index (χ2n) is 3.79. The summed E-state index contributed by atoms with van der Waals surface area (Å²) >= 11 is 0. The summed E-state index contributed by atoms with van der Waals surface area (Å²) in [5, 5.41) is 18.3. The van der Waals surface area contributed by atoms with Crippen molar-refractivity contribution in [2.75, 3.05) is 11.5 Å². The molecule has 6 N–H and O–H groups in total. The van der Waals surface area contributed by atoms with E-state index in [1.54, 1.807) is 0 Å². The molecule has 100 valence electrons. The lowest BCUT2D eigenvalue weighted by Gasteiger charge is -2.09. The molecule has 0 amide bonds. The smallest absolute Gasteiger partial charge is 0.175 e. The molecule has 2 aromatic carbocycles. The summed E-state index contributed by atoms with van der Waals surface area (Å²) in [6.45, 7) is 0. The van der Waals surface area contributed by atoms with Gasteiger partial charge in [-0.2, -0.15) is 0 Å². The van der Waals surface area contributed by atoms with Gasteiger partial charge < -0.3 is 26.4 Å². The lowest BCUT2D eigenvalue weighted by Crippen LogP contribution is -1.94. The third-order valence-corrected chi connectivity index (χ3v) is 2.37. The molecule has 19 heavy (non-hydrogen) atoms. The highest BCUT2D eigenvalue weighted by Crippen LogP contribution is 2.34. The molecule has 0 aromatic heterocycles. The lowest BCUT2D eigenvalue weighted by molar-refractivity contribution is 0.419. The molecule has 0 aliphatic rings. The number of nitrogens with two attached hydrogens (primary N) is 2. The van der Waals surface area contributed by atoms with Crippen molar-refractivity contribution >= 4 is 11.4 Å². The normalized spacial score (nSPS) is 10.4. The van der Waals surface area contributed by atoms with Crippen LogP contribution in [0, 0.1) is 11.6 Å². The molecule has 2 rings (SSSR count). The molecule has 0 bridgehead atoms. The van der Waals surface area contributed by atoms with Crippen molar-refractivity contribution in [3.05, 3.63) is 35.9 Å². The molecule has 5 nitrogen and oxygen atoms in total. The Bertz CT molecular complexity index is 545. The third-order valence-electron chi connectivity index (χ3n) is 2.37. The van der Waals surface area contributed by atoms with Crippen molar-refractivity contribution in [1.29, 1.82) is 0 Å². The number of rotatable bonds is 2. The summed E-state index contributed by atoms with van der Waals surface area (Å²) in [5.74, 6) is -3.41. The molecule has 0 spiro atoms. The molecule has 0 atom stereocenters. The van der Waals surface area contributed by atoms with E-state index in [0.717, 1.165) is 12.1 Å². The van der Waals surface area contributed by atoms with Crippen LogP contribution in [0.5, 0.6) is 23.0 Å².